The van der Waals surface area contributed by atoms with Gasteiger partial charge in [0.05, 0.1) is 32.0 Å². The summed E-state index contributed by atoms with van der Waals surface area (Å²) in [7, 11) is 0. The maximum Gasteiger partial charge on any atom is 0.320 e. The molecule has 0 spiro atoms. The van der Waals surface area contributed by atoms with Gasteiger partial charge in [0.1, 0.15) is 29.6 Å². The van der Waals surface area contributed by atoms with E-state index in [2.05, 4.69) is 0 Å². The van der Waals surface area contributed by atoms with Gasteiger partial charge in [0.15, 0.2) is 12.2 Å². The number of rotatable bonds is 6. The molecule has 0 amide bonds. The van der Waals surface area contributed by atoms with Crippen molar-refractivity contribution in [2.24, 2.45) is 17.8 Å². The zero-order valence-corrected chi connectivity index (χ0v) is 20.5. The Hall–Kier alpha value is -1.75. The molecule has 0 aromatic rings. The molecule has 9 unspecified atom stereocenters. The van der Waals surface area contributed by atoms with Gasteiger partial charge in [0, 0.05) is 19.0 Å². The summed E-state index contributed by atoms with van der Waals surface area (Å²) in [5, 5.41) is 0. The van der Waals surface area contributed by atoms with Gasteiger partial charge in [-0.05, 0) is 44.9 Å². The smallest absolute Gasteiger partial charge is 0.320 e. The maximum atomic E-state index is 13.8. The van der Waals surface area contributed by atoms with Crippen LogP contribution in [0.1, 0.15) is 51.4 Å². The van der Waals surface area contributed by atoms with Crippen LogP contribution in [0.15, 0.2) is 0 Å². The summed E-state index contributed by atoms with van der Waals surface area (Å²) >= 11 is 0. The van der Waals surface area contributed by atoms with Crippen LogP contribution in [0.3, 0.4) is 0 Å². The monoisotopic (exact) mass is 505 g/mol. The minimum atomic E-state index is -0.819. The summed E-state index contributed by atoms with van der Waals surface area (Å²) in [6.07, 6.45) is 5.51. The Morgan fingerprint density at radius 3 is 2.53 bits per heavy atom. The number of esters is 3. The second kappa shape index (κ2) is 8.92. The zero-order chi connectivity index (χ0) is 24.4. The van der Waals surface area contributed by atoms with E-state index in [0.29, 0.717) is 26.3 Å². The summed E-state index contributed by atoms with van der Waals surface area (Å²) in [6.45, 7) is 2.61. The van der Waals surface area contributed by atoms with Crippen LogP contribution >= 0.6 is 0 Å². The maximum absolute atomic E-state index is 13.8. The Morgan fingerprint density at radius 1 is 1.00 bits per heavy atom. The Morgan fingerprint density at radius 2 is 1.81 bits per heavy atom. The van der Waals surface area contributed by atoms with E-state index < -0.39 is 59.8 Å². The summed E-state index contributed by atoms with van der Waals surface area (Å²) in [5.74, 6) is -2.59. The first kappa shape index (κ1) is 23.4. The standard InChI is InChI=1S/C26H35NO9/c28-17(13-27-8-10-31-11-9-27)33-22-21-19(18-20(34-21)23(22)35-24(18)29)25(30)36-26(6-2-1-3-7-26)15-12-14-4-5-16(15)32-14/h14-16,18-23H,1-13H2. The predicted octanol–water partition coefficient (Wildman–Crippen LogP) is 0.983. The number of fused-ring (bicyclic) bond motifs is 3. The lowest BCUT2D eigenvalue weighted by molar-refractivity contribution is -0.186. The normalized spacial score (nSPS) is 44.6. The number of ether oxygens (including phenoxy) is 6. The topological polar surface area (TPSA) is 110 Å². The van der Waals surface area contributed by atoms with Crippen LogP contribution in [0.4, 0.5) is 0 Å². The van der Waals surface area contributed by atoms with Gasteiger partial charge in [-0.2, -0.15) is 0 Å². The van der Waals surface area contributed by atoms with Crippen molar-refractivity contribution in [2.75, 3.05) is 32.8 Å². The first-order chi connectivity index (χ1) is 17.5. The van der Waals surface area contributed by atoms with E-state index in [0.717, 1.165) is 51.4 Å². The Balaban J connectivity index is 1.08. The van der Waals surface area contributed by atoms with Crippen LogP contribution in [0.5, 0.6) is 0 Å². The molecule has 9 atom stereocenters. The van der Waals surface area contributed by atoms with Gasteiger partial charge in [-0.15, -0.1) is 0 Å². The number of carbonyl (C=O) groups is 3. The van der Waals surface area contributed by atoms with Crippen LogP contribution in [0.25, 0.3) is 0 Å². The molecule has 0 N–H and O–H groups in total. The summed E-state index contributed by atoms with van der Waals surface area (Å²) in [5.41, 5.74) is -0.554. The molecule has 1 aliphatic carbocycles. The molecule has 7 aliphatic rings. The molecule has 0 radical (unpaired) electrons. The molecule has 10 nitrogen and oxygen atoms in total. The molecule has 6 aliphatic heterocycles. The van der Waals surface area contributed by atoms with Gasteiger partial charge in [0.2, 0.25) is 0 Å². The van der Waals surface area contributed by atoms with Gasteiger partial charge in [-0.1, -0.05) is 6.42 Å². The van der Waals surface area contributed by atoms with Gasteiger partial charge in [0.25, 0.3) is 0 Å². The summed E-state index contributed by atoms with van der Waals surface area (Å²) in [6, 6.07) is 0. The van der Waals surface area contributed by atoms with Crippen molar-refractivity contribution in [1.29, 1.82) is 0 Å². The van der Waals surface area contributed by atoms with Gasteiger partial charge in [-0.3, -0.25) is 19.3 Å². The van der Waals surface area contributed by atoms with Crippen molar-refractivity contribution in [3.63, 3.8) is 0 Å². The third-order valence-corrected chi connectivity index (χ3v) is 9.69. The molecule has 7 fully saturated rings. The van der Waals surface area contributed by atoms with E-state index in [1.165, 1.54) is 0 Å². The highest BCUT2D eigenvalue weighted by Crippen LogP contribution is 2.54. The minimum Gasteiger partial charge on any atom is -0.458 e. The molecule has 7 rings (SSSR count). The average molecular weight is 506 g/mol. The molecular formula is C26H35NO9. The van der Waals surface area contributed by atoms with Gasteiger partial charge in [-0.25, -0.2) is 0 Å². The molecular weight excluding hydrogens is 470 g/mol. The lowest BCUT2D eigenvalue weighted by Crippen LogP contribution is -2.53. The van der Waals surface area contributed by atoms with Gasteiger partial charge >= 0.3 is 17.9 Å². The fourth-order valence-corrected chi connectivity index (χ4v) is 8.03. The highest BCUT2D eigenvalue weighted by Gasteiger charge is 2.72. The summed E-state index contributed by atoms with van der Waals surface area (Å²) in [4.78, 5) is 41.4. The lowest BCUT2D eigenvalue weighted by atomic mass is 9.69. The van der Waals surface area contributed by atoms with E-state index >= 15 is 0 Å². The van der Waals surface area contributed by atoms with E-state index in [1.807, 2.05) is 4.90 Å². The van der Waals surface area contributed by atoms with Crippen molar-refractivity contribution in [2.45, 2.75) is 93.6 Å². The fourth-order valence-electron chi connectivity index (χ4n) is 8.03. The third-order valence-electron chi connectivity index (χ3n) is 9.69. The van der Waals surface area contributed by atoms with E-state index in [1.54, 1.807) is 0 Å². The Kier molecular flexibility index (Phi) is 5.79. The summed E-state index contributed by atoms with van der Waals surface area (Å²) < 4.78 is 35.4. The second-order valence-corrected chi connectivity index (χ2v) is 11.6. The largest absolute Gasteiger partial charge is 0.458 e. The predicted molar refractivity (Wildman–Crippen MR) is 121 cm³/mol. The molecule has 36 heavy (non-hydrogen) atoms. The minimum absolute atomic E-state index is 0.129. The first-order valence-corrected chi connectivity index (χ1v) is 13.8. The van der Waals surface area contributed by atoms with Gasteiger partial charge < -0.3 is 28.4 Å². The fraction of sp³-hybridized carbons (Fsp3) is 0.885. The number of nitrogens with zero attached hydrogens (tertiary/aromatic N) is 1. The number of carbonyl (C=O) groups excluding carboxylic acids is 3. The molecule has 6 saturated heterocycles. The molecule has 6 heterocycles. The van der Waals surface area contributed by atoms with Crippen molar-refractivity contribution in [3.8, 4) is 0 Å². The molecule has 10 heteroatoms. The zero-order valence-electron chi connectivity index (χ0n) is 20.5. The van der Waals surface area contributed by atoms with Crippen LogP contribution in [-0.2, 0) is 42.8 Å². The SMILES string of the molecule is O=C(CN1CCOCC1)OC1C2OC(=O)C3C2OC1C3C(=O)OC1(C2CC3CCC2O3)CCCCC1. The van der Waals surface area contributed by atoms with E-state index in [4.69, 9.17) is 28.4 Å². The first-order valence-electron chi connectivity index (χ1n) is 13.8. The highest BCUT2D eigenvalue weighted by atomic mass is 16.7. The van der Waals surface area contributed by atoms with Crippen LogP contribution < -0.4 is 0 Å². The molecule has 198 valence electrons. The number of hydrogen-bond donors (Lipinski definition) is 0. The lowest BCUT2D eigenvalue weighted by Gasteiger charge is -2.44. The average Bonchev–Trinajstić information content (AvgIpc) is 3.68. The van der Waals surface area contributed by atoms with E-state index in [-0.39, 0.29) is 24.7 Å². The Bertz CT molecular complexity index is 913. The highest BCUT2D eigenvalue weighted by molar-refractivity contribution is 5.87. The molecule has 4 bridgehead atoms. The van der Waals surface area contributed by atoms with Crippen molar-refractivity contribution in [1.82, 2.24) is 4.90 Å². The number of hydrogen-bond acceptors (Lipinski definition) is 10. The van der Waals surface area contributed by atoms with Crippen LogP contribution in [0, 0.1) is 17.8 Å². The molecule has 0 aromatic heterocycles. The van der Waals surface area contributed by atoms with Crippen molar-refractivity contribution >= 4 is 17.9 Å². The van der Waals surface area contributed by atoms with E-state index in [9.17, 15) is 14.4 Å². The number of morpholine rings is 1. The van der Waals surface area contributed by atoms with Crippen LogP contribution in [-0.4, -0.2) is 97.9 Å². The van der Waals surface area contributed by atoms with Crippen molar-refractivity contribution < 1.29 is 42.8 Å². The second-order valence-electron chi connectivity index (χ2n) is 11.6. The van der Waals surface area contributed by atoms with Crippen LogP contribution in [0.2, 0.25) is 0 Å². The molecule has 1 saturated carbocycles. The Labute approximate surface area is 210 Å². The molecule has 0 aromatic carbocycles. The third kappa shape index (κ3) is 3.70. The quantitative estimate of drug-likeness (QED) is 0.383. The van der Waals surface area contributed by atoms with Crippen molar-refractivity contribution in [3.05, 3.63) is 0 Å².